The first-order valence-corrected chi connectivity index (χ1v) is 11.4. The summed E-state index contributed by atoms with van der Waals surface area (Å²) in [6.45, 7) is 5.44. The highest BCUT2D eigenvalue weighted by atomic mass is 32.3. The average Bonchev–Trinajstić information content (AvgIpc) is 3.08. The summed E-state index contributed by atoms with van der Waals surface area (Å²) in [4.78, 5) is 20.2. The van der Waals surface area contributed by atoms with Gasteiger partial charge in [0.2, 0.25) is 0 Å². The van der Waals surface area contributed by atoms with E-state index in [1.54, 1.807) is 31.3 Å². The summed E-state index contributed by atoms with van der Waals surface area (Å²) in [6, 6.07) is 7.30. The number of nitrogens with zero attached hydrogens (tertiary/aromatic N) is 1. The van der Waals surface area contributed by atoms with Gasteiger partial charge in [0.1, 0.15) is 4.24 Å². The lowest BCUT2D eigenvalue weighted by Gasteiger charge is -2.24. The standard InChI is InChI=1S/C19H22N2O4S2/c1-4-14-12-15(13(3)21-19(14)22)16-9-10-18(27(23,24)25-5-2)26(16)17-8-6-7-11-20-17/h6-12,26H,4-5H2,1-3H3,(H,21,22). The van der Waals surface area contributed by atoms with Crippen molar-refractivity contribution in [2.45, 2.75) is 32.2 Å². The van der Waals surface area contributed by atoms with E-state index in [4.69, 9.17) is 4.18 Å². The van der Waals surface area contributed by atoms with Crippen LogP contribution in [0.1, 0.15) is 30.7 Å². The van der Waals surface area contributed by atoms with Crippen molar-refractivity contribution in [1.29, 1.82) is 0 Å². The van der Waals surface area contributed by atoms with Gasteiger partial charge in [-0.2, -0.15) is 8.42 Å². The Morgan fingerprint density at radius 3 is 2.63 bits per heavy atom. The molecular formula is C19H22N2O4S2. The lowest BCUT2D eigenvalue weighted by atomic mass is 10.1. The summed E-state index contributed by atoms with van der Waals surface area (Å²) in [6.07, 6.45) is 5.63. The van der Waals surface area contributed by atoms with Gasteiger partial charge in [-0.25, -0.2) is 0 Å². The summed E-state index contributed by atoms with van der Waals surface area (Å²) in [5, 5.41) is 0.675. The third kappa shape index (κ3) is 3.78. The average molecular weight is 407 g/mol. The van der Waals surface area contributed by atoms with Crippen LogP contribution in [0.3, 0.4) is 0 Å². The molecule has 1 N–H and O–H groups in total. The van der Waals surface area contributed by atoms with Gasteiger partial charge in [-0.05, 0) is 50.6 Å². The van der Waals surface area contributed by atoms with Crippen molar-refractivity contribution in [3.8, 4) is 0 Å². The first-order chi connectivity index (χ1) is 12.9. The Bertz CT molecular complexity index is 1070. The number of pyridine rings is 2. The molecule has 27 heavy (non-hydrogen) atoms. The Morgan fingerprint density at radius 2 is 2.00 bits per heavy atom. The molecule has 144 valence electrons. The number of aromatic nitrogens is 2. The van der Waals surface area contributed by atoms with Gasteiger partial charge in [0.15, 0.2) is 0 Å². The van der Waals surface area contributed by atoms with E-state index in [0.717, 1.165) is 10.5 Å². The molecule has 0 aliphatic carbocycles. The monoisotopic (exact) mass is 406 g/mol. The minimum absolute atomic E-state index is 0.0675. The highest BCUT2D eigenvalue weighted by Gasteiger charge is 2.33. The van der Waals surface area contributed by atoms with Crippen molar-refractivity contribution >= 4 is 25.9 Å². The summed E-state index contributed by atoms with van der Waals surface area (Å²) in [5.41, 5.74) is 2.08. The number of hydrogen-bond acceptors (Lipinski definition) is 5. The fourth-order valence-corrected chi connectivity index (χ4v) is 7.30. The molecule has 0 fully saturated rings. The summed E-state index contributed by atoms with van der Waals surface area (Å²) in [5.74, 6) is 0. The molecule has 8 heteroatoms. The molecule has 2 aromatic rings. The molecule has 0 bridgehead atoms. The highest BCUT2D eigenvalue weighted by molar-refractivity contribution is 8.35. The largest absolute Gasteiger partial charge is 0.326 e. The zero-order valence-corrected chi connectivity index (χ0v) is 17.1. The first kappa shape index (κ1) is 19.6. The van der Waals surface area contributed by atoms with Crippen molar-refractivity contribution in [3.63, 3.8) is 0 Å². The fourth-order valence-electron chi connectivity index (χ4n) is 2.96. The molecule has 1 aliphatic rings. The van der Waals surface area contributed by atoms with Gasteiger partial charge in [0, 0.05) is 27.9 Å². The number of thiol groups is 1. The third-order valence-corrected chi connectivity index (χ3v) is 8.82. The van der Waals surface area contributed by atoms with E-state index in [9.17, 15) is 13.2 Å². The van der Waals surface area contributed by atoms with E-state index >= 15 is 0 Å². The van der Waals surface area contributed by atoms with Gasteiger partial charge < -0.3 is 4.98 Å². The van der Waals surface area contributed by atoms with Crippen molar-refractivity contribution < 1.29 is 12.6 Å². The van der Waals surface area contributed by atoms with Crippen LogP contribution in [-0.4, -0.2) is 25.0 Å². The number of rotatable bonds is 6. The van der Waals surface area contributed by atoms with Crippen LogP contribution < -0.4 is 5.56 Å². The zero-order chi connectivity index (χ0) is 19.6. The topological polar surface area (TPSA) is 89.1 Å². The van der Waals surface area contributed by atoms with E-state index in [-0.39, 0.29) is 16.4 Å². The zero-order valence-electron chi connectivity index (χ0n) is 15.4. The van der Waals surface area contributed by atoms with Crippen LogP contribution >= 0.6 is 10.9 Å². The molecule has 6 nitrogen and oxygen atoms in total. The van der Waals surface area contributed by atoms with E-state index in [2.05, 4.69) is 9.97 Å². The molecule has 0 amide bonds. The second kappa shape index (κ2) is 7.84. The van der Waals surface area contributed by atoms with Crippen LogP contribution in [0.2, 0.25) is 0 Å². The van der Waals surface area contributed by atoms with Crippen LogP contribution in [0.5, 0.6) is 0 Å². The molecule has 0 saturated carbocycles. The number of aryl methyl sites for hydroxylation is 2. The Hall–Kier alpha value is -2.16. The molecule has 1 atom stereocenters. The molecule has 0 saturated heterocycles. The number of H-pyrrole nitrogens is 1. The number of aromatic amines is 1. The Labute approximate surface area is 161 Å². The van der Waals surface area contributed by atoms with Crippen molar-refractivity contribution in [2.75, 3.05) is 6.61 Å². The van der Waals surface area contributed by atoms with Crippen LogP contribution in [0, 0.1) is 6.92 Å². The van der Waals surface area contributed by atoms with Gasteiger partial charge in [-0.3, -0.25) is 14.0 Å². The molecule has 0 radical (unpaired) electrons. The maximum atomic E-state index is 12.7. The summed E-state index contributed by atoms with van der Waals surface area (Å²) >= 11 is 0. The minimum atomic E-state index is -3.86. The van der Waals surface area contributed by atoms with Crippen LogP contribution in [-0.2, 0) is 20.7 Å². The van der Waals surface area contributed by atoms with Gasteiger partial charge in [0.25, 0.3) is 5.56 Å². The second-order valence-corrected chi connectivity index (χ2v) is 9.94. The maximum absolute atomic E-state index is 12.7. The summed E-state index contributed by atoms with van der Waals surface area (Å²) < 4.78 is 30.6. The molecule has 0 spiro atoms. The predicted molar refractivity (Wildman–Crippen MR) is 109 cm³/mol. The van der Waals surface area contributed by atoms with Crippen molar-refractivity contribution in [2.24, 2.45) is 0 Å². The van der Waals surface area contributed by atoms with E-state index in [1.807, 2.05) is 32.0 Å². The number of hydrogen-bond donors (Lipinski definition) is 2. The summed E-state index contributed by atoms with van der Waals surface area (Å²) in [7, 11) is -5.27. The van der Waals surface area contributed by atoms with Crippen molar-refractivity contribution in [3.05, 3.63) is 74.0 Å². The number of nitrogens with one attached hydrogen (secondary N) is 1. The normalized spacial score (nSPS) is 18.3. The quantitative estimate of drug-likeness (QED) is 0.568. The van der Waals surface area contributed by atoms with Gasteiger partial charge in [-0.15, -0.1) is 10.9 Å². The van der Waals surface area contributed by atoms with Crippen LogP contribution in [0.25, 0.3) is 4.91 Å². The first-order valence-electron chi connectivity index (χ1n) is 8.64. The lowest BCUT2D eigenvalue weighted by molar-refractivity contribution is 0.344. The lowest BCUT2D eigenvalue weighted by Crippen LogP contribution is -2.15. The van der Waals surface area contributed by atoms with Gasteiger partial charge >= 0.3 is 10.1 Å². The van der Waals surface area contributed by atoms with E-state index in [1.165, 1.54) is 0 Å². The SMILES string of the molecule is CCOS(=O)(=O)C1=CC=C(c2cc(CC)c(=O)[nH]c2C)[SH]1c1ccccn1. The molecular weight excluding hydrogens is 384 g/mol. The highest BCUT2D eigenvalue weighted by Crippen LogP contribution is 2.59. The van der Waals surface area contributed by atoms with E-state index < -0.39 is 21.0 Å². The minimum Gasteiger partial charge on any atom is -0.326 e. The van der Waals surface area contributed by atoms with E-state index in [0.29, 0.717) is 22.7 Å². The Kier molecular flexibility index (Phi) is 5.69. The molecule has 0 aromatic carbocycles. The third-order valence-electron chi connectivity index (χ3n) is 4.22. The molecule has 2 aromatic heterocycles. The molecule has 3 rings (SSSR count). The smallest absolute Gasteiger partial charge is 0.302 e. The van der Waals surface area contributed by atoms with Gasteiger partial charge in [0.05, 0.1) is 11.6 Å². The molecule has 3 heterocycles. The number of allylic oxidation sites excluding steroid dienone is 2. The van der Waals surface area contributed by atoms with Gasteiger partial charge in [-0.1, -0.05) is 13.0 Å². The fraction of sp³-hybridized carbons (Fsp3) is 0.263. The van der Waals surface area contributed by atoms with Crippen LogP contribution in [0.4, 0.5) is 0 Å². The molecule has 1 unspecified atom stereocenters. The second-order valence-electron chi connectivity index (χ2n) is 5.96. The van der Waals surface area contributed by atoms with Crippen LogP contribution in [0.15, 0.2) is 56.7 Å². The molecule has 1 aliphatic heterocycles. The Balaban J connectivity index is 2.16. The predicted octanol–water partition coefficient (Wildman–Crippen LogP) is 3.26. The maximum Gasteiger partial charge on any atom is 0.302 e. The Morgan fingerprint density at radius 1 is 1.22 bits per heavy atom. The van der Waals surface area contributed by atoms with Crippen molar-refractivity contribution in [1.82, 2.24) is 9.97 Å².